The van der Waals surface area contributed by atoms with Gasteiger partial charge in [-0.2, -0.15) is 0 Å². The SMILES string of the molecule is N[C@H](Cl)C(=O)[C@@]1(O)C=CC=CC1. The molecule has 66 valence electrons. The lowest BCUT2D eigenvalue weighted by Gasteiger charge is -2.24. The molecule has 4 heteroatoms. The molecule has 2 atom stereocenters. The van der Waals surface area contributed by atoms with Crippen LogP contribution in [0, 0.1) is 0 Å². The molecule has 1 aliphatic carbocycles. The Morgan fingerprint density at radius 3 is 2.75 bits per heavy atom. The van der Waals surface area contributed by atoms with Crippen molar-refractivity contribution in [2.75, 3.05) is 0 Å². The molecule has 3 N–H and O–H groups in total. The van der Waals surface area contributed by atoms with Crippen LogP contribution in [0.15, 0.2) is 24.3 Å². The van der Waals surface area contributed by atoms with Gasteiger partial charge < -0.3 is 10.8 Å². The number of carbonyl (C=O) groups is 1. The zero-order valence-corrected chi connectivity index (χ0v) is 7.16. The van der Waals surface area contributed by atoms with E-state index < -0.39 is 16.9 Å². The number of alkyl halides is 1. The summed E-state index contributed by atoms with van der Waals surface area (Å²) in [6.07, 6.45) is 6.68. The maximum absolute atomic E-state index is 11.2. The topological polar surface area (TPSA) is 63.3 Å². The molecule has 0 radical (unpaired) electrons. The summed E-state index contributed by atoms with van der Waals surface area (Å²) in [7, 11) is 0. The minimum atomic E-state index is -1.50. The van der Waals surface area contributed by atoms with Crippen molar-refractivity contribution in [1.82, 2.24) is 0 Å². The van der Waals surface area contributed by atoms with Gasteiger partial charge in [0.05, 0.1) is 0 Å². The lowest BCUT2D eigenvalue weighted by atomic mass is 9.91. The van der Waals surface area contributed by atoms with Crippen molar-refractivity contribution in [2.24, 2.45) is 5.73 Å². The number of rotatable bonds is 2. The van der Waals surface area contributed by atoms with Gasteiger partial charge in [0, 0.05) is 6.42 Å². The number of allylic oxidation sites excluding steroid dienone is 2. The van der Waals surface area contributed by atoms with Crippen molar-refractivity contribution >= 4 is 17.4 Å². The second kappa shape index (κ2) is 3.39. The molecule has 0 aromatic rings. The first-order valence-electron chi connectivity index (χ1n) is 3.57. The van der Waals surface area contributed by atoms with Crippen LogP contribution < -0.4 is 5.73 Å². The number of Topliss-reactive ketones (excluding diaryl/α,β-unsaturated/α-hetero) is 1. The Kier molecular flexibility index (Phi) is 2.67. The van der Waals surface area contributed by atoms with E-state index in [4.69, 9.17) is 17.3 Å². The van der Waals surface area contributed by atoms with Gasteiger partial charge in [0.2, 0.25) is 0 Å². The molecule has 0 aromatic carbocycles. The molecule has 0 aromatic heterocycles. The van der Waals surface area contributed by atoms with E-state index in [9.17, 15) is 9.90 Å². The van der Waals surface area contributed by atoms with Crippen LogP contribution in [0.4, 0.5) is 0 Å². The van der Waals surface area contributed by atoms with Gasteiger partial charge in [-0.3, -0.25) is 4.79 Å². The summed E-state index contributed by atoms with van der Waals surface area (Å²) in [6, 6.07) is 0. The number of carbonyl (C=O) groups excluding carboxylic acids is 1. The molecular formula is C8H10ClNO2. The van der Waals surface area contributed by atoms with Gasteiger partial charge in [-0.15, -0.1) is 0 Å². The maximum atomic E-state index is 11.2. The Morgan fingerprint density at radius 2 is 2.33 bits per heavy atom. The van der Waals surface area contributed by atoms with Crippen LogP contribution in [0.3, 0.4) is 0 Å². The van der Waals surface area contributed by atoms with Crippen LogP contribution in [0.25, 0.3) is 0 Å². The van der Waals surface area contributed by atoms with Crippen molar-refractivity contribution in [3.63, 3.8) is 0 Å². The number of hydrogen-bond acceptors (Lipinski definition) is 3. The van der Waals surface area contributed by atoms with Crippen molar-refractivity contribution in [2.45, 2.75) is 17.5 Å². The summed E-state index contributed by atoms with van der Waals surface area (Å²) in [4.78, 5) is 11.2. The highest BCUT2D eigenvalue weighted by Crippen LogP contribution is 2.20. The summed E-state index contributed by atoms with van der Waals surface area (Å²) in [5.41, 5.74) is 2.50. The van der Waals surface area contributed by atoms with E-state index in [2.05, 4.69) is 0 Å². The molecule has 0 saturated carbocycles. The predicted molar refractivity (Wildman–Crippen MR) is 46.7 cm³/mol. The van der Waals surface area contributed by atoms with Crippen LogP contribution in [-0.4, -0.2) is 22.0 Å². The first-order valence-corrected chi connectivity index (χ1v) is 4.00. The highest BCUT2D eigenvalue weighted by molar-refractivity contribution is 6.32. The van der Waals surface area contributed by atoms with E-state index >= 15 is 0 Å². The quantitative estimate of drug-likeness (QED) is 0.484. The molecule has 0 aliphatic heterocycles. The fourth-order valence-corrected chi connectivity index (χ4v) is 1.22. The number of ketones is 1. The Balaban J connectivity index is 2.79. The number of nitrogens with two attached hydrogens (primary N) is 1. The summed E-state index contributed by atoms with van der Waals surface area (Å²) in [6.45, 7) is 0. The predicted octanol–water partition coefficient (Wildman–Crippen LogP) is 0.326. The second-order valence-corrected chi connectivity index (χ2v) is 3.15. The molecule has 1 rings (SSSR count). The second-order valence-electron chi connectivity index (χ2n) is 2.68. The van der Waals surface area contributed by atoms with E-state index in [0.29, 0.717) is 0 Å². The molecule has 0 heterocycles. The average Bonchev–Trinajstić information content (AvgIpc) is 2.04. The smallest absolute Gasteiger partial charge is 0.200 e. The van der Waals surface area contributed by atoms with Gasteiger partial charge >= 0.3 is 0 Å². The standard InChI is InChI=1S/C8H10ClNO2/c9-7(10)6(11)8(12)4-2-1-3-5-8/h1-4,7,12H,5,10H2/t7-,8+/m0/s1. The van der Waals surface area contributed by atoms with Crippen LogP contribution in [0.2, 0.25) is 0 Å². The van der Waals surface area contributed by atoms with Crippen LogP contribution in [0.5, 0.6) is 0 Å². The minimum absolute atomic E-state index is 0.239. The average molecular weight is 188 g/mol. The zero-order valence-electron chi connectivity index (χ0n) is 6.40. The third-order valence-electron chi connectivity index (χ3n) is 1.73. The molecule has 1 aliphatic rings. The first kappa shape index (κ1) is 9.45. The Hall–Kier alpha value is -0.640. The highest BCUT2D eigenvalue weighted by Gasteiger charge is 2.35. The van der Waals surface area contributed by atoms with Crippen LogP contribution in [-0.2, 0) is 4.79 Å². The summed E-state index contributed by atoms with van der Waals surface area (Å²) >= 11 is 5.36. The van der Waals surface area contributed by atoms with Gasteiger partial charge in [-0.25, -0.2) is 0 Å². The van der Waals surface area contributed by atoms with Gasteiger partial charge in [-0.1, -0.05) is 29.8 Å². The third-order valence-corrected chi connectivity index (χ3v) is 1.92. The Labute approximate surface area is 75.5 Å². The van der Waals surface area contributed by atoms with Crippen molar-refractivity contribution in [3.8, 4) is 0 Å². The lowest BCUT2D eigenvalue weighted by molar-refractivity contribution is -0.132. The Bertz CT molecular complexity index is 247. The zero-order chi connectivity index (χ0) is 9.19. The number of halogens is 1. The molecular weight excluding hydrogens is 178 g/mol. The van der Waals surface area contributed by atoms with Gasteiger partial charge in [0.1, 0.15) is 11.1 Å². The summed E-state index contributed by atoms with van der Waals surface area (Å²) in [5, 5.41) is 9.66. The largest absolute Gasteiger partial charge is 0.377 e. The molecule has 0 saturated heterocycles. The third kappa shape index (κ3) is 1.75. The van der Waals surface area contributed by atoms with E-state index in [-0.39, 0.29) is 6.42 Å². The molecule has 0 spiro atoms. The van der Waals surface area contributed by atoms with Crippen LogP contribution >= 0.6 is 11.6 Å². The minimum Gasteiger partial charge on any atom is -0.377 e. The van der Waals surface area contributed by atoms with Crippen molar-refractivity contribution in [1.29, 1.82) is 0 Å². The van der Waals surface area contributed by atoms with Gasteiger partial charge in [0.15, 0.2) is 5.78 Å². The fourth-order valence-electron chi connectivity index (χ4n) is 1.03. The van der Waals surface area contributed by atoms with E-state index in [1.165, 1.54) is 6.08 Å². The normalized spacial score (nSPS) is 30.2. The van der Waals surface area contributed by atoms with E-state index in [1.807, 2.05) is 0 Å². The molecule has 12 heavy (non-hydrogen) atoms. The van der Waals surface area contributed by atoms with E-state index in [1.54, 1.807) is 18.2 Å². The van der Waals surface area contributed by atoms with E-state index in [0.717, 1.165) is 0 Å². The summed E-state index contributed by atoms with van der Waals surface area (Å²) in [5.74, 6) is -0.565. The fraction of sp³-hybridized carbons (Fsp3) is 0.375. The molecule has 0 fully saturated rings. The number of hydrogen-bond donors (Lipinski definition) is 2. The summed E-state index contributed by atoms with van der Waals surface area (Å²) < 4.78 is 0. The molecule has 3 nitrogen and oxygen atoms in total. The molecule has 0 amide bonds. The van der Waals surface area contributed by atoms with Gasteiger partial charge in [0.25, 0.3) is 0 Å². The highest BCUT2D eigenvalue weighted by atomic mass is 35.5. The van der Waals surface area contributed by atoms with Crippen molar-refractivity contribution < 1.29 is 9.90 Å². The number of aliphatic hydroxyl groups is 1. The lowest BCUT2D eigenvalue weighted by Crippen LogP contribution is -2.45. The monoisotopic (exact) mass is 187 g/mol. The Morgan fingerprint density at radius 1 is 1.67 bits per heavy atom. The first-order chi connectivity index (χ1) is 5.56. The van der Waals surface area contributed by atoms with Crippen LogP contribution in [0.1, 0.15) is 6.42 Å². The molecule has 0 bridgehead atoms. The van der Waals surface area contributed by atoms with Gasteiger partial charge in [-0.05, 0) is 6.08 Å². The van der Waals surface area contributed by atoms with Crippen molar-refractivity contribution in [3.05, 3.63) is 24.3 Å². The maximum Gasteiger partial charge on any atom is 0.200 e. The molecule has 0 unspecified atom stereocenters.